The second kappa shape index (κ2) is 9.33. The molecule has 6 nitrogen and oxygen atoms in total. The number of aryl methyl sites for hydroxylation is 1. The highest BCUT2D eigenvalue weighted by atomic mass is 16.5. The summed E-state index contributed by atoms with van der Waals surface area (Å²) in [6.45, 7) is 0.791. The van der Waals surface area contributed by atoms with Crippen LogP contribution in [0.2, 0.25) is 0 Å². The van der Waals surface area contributed by atoms with Gasteiger partial charge in [-0.05, 0) is 30.5 Å². The highest BCUT2D eigenvalue weighted by Gasteiger charge is 2.09. The Bertz CT molecular complexity index is 867. The Morgan fingerprint density at radius 1 is 1.04 bits per heavy atom. The van der Waals surface area contributed by atoms with Gasteiger partial charge in [0.2, 0.25) is 0 Å². The van der Waals surface area contributed by atoms with Crippen LogP contribution in [0.1, 0.15) is 22.5 Å². The lowest BCUT2D eigenvalue weighted by Crippen LogP contribution is -2.14. The Balaban J connectivity index is 1.48. The lowest BCUT2D eigenvalue weighted by Gasteiger charge is -2.08. The average Bonchev–Trinajstić information content (AvgIpc) is 2.72. The molecule has 3 aromatic rings. The zero-order valence-corrected chi connectivity index (χ0v) is 15.2. The fraction of sp³-hybridized carbons (Fsp3) is 0.190. The second-order valence-corrected chi connectivity index (χ2v) is 5.99. The third-order valence-corrected chi connectivity index (χ3v) is 4.00. The number of ether oxygens (including phenoxy) is 1. The first-order valence-corrected chi connectivity index (χ1v) is 8.80. The van der Waals surface area contributed by atoms with Gasteiger partial charge in [0.05, 0.1) is 19.5 Å². The first kappa shape index (κ1) is 18.4. The highest BCUT2D eigenvalue weighted by molar-refractivity contribution is 6.02. The molecule has 0 saturated carbocycles. The van der Waals surface area contributed by atoms with Gasteiger partial charge in [0.1, 0.15) is 17.3 Å². The van der Waals surface area contributed by atoms with Crippen molar-refractivity contribution in [1.82, 2.24) is 9.97 Å². The number of carbonyl (C=O) groups is 1. The van der Waals surface area contributed by atoms with E-state index in [4.69, 9.17) is 4.74 Å². The number of aromatic nitrogens is 2. The zero-order valence-electron chi connectivity index (χ0n) is 15.2. The minimum atomic E-state index is -0.314. The van der Waals surface area contributed by atoms with Crippen molar-refractivity contribution in [3.63, 3.8) is 0 Å². The van der Waals surface area contributed by atoms with Gasteiger partial charge in [-0.1, -0.05) is 36.4 Å². The number of anilines is 2. The van der Waals surface area contributed by atoms with Crippen LogP contribution >= 0.6 is 0 Å². The normalized spacial score (nSPS) is 10.3. The van der Waals surface area contributed by atoms with Crippen LogP contribution in [0.5, 0.6) is 5.75 Å². The topological polar surface area (TPSA) is 76.1 Å². The van der Waals surface area contributed by atoms with Crippen LogP contribution in [-0.4, -0.2) is 29.5 Å². The van der Waals surface area contributed by atoms with Gasteiger partial charge in [0.25, 0.3) is 5.91 Å². The Morgan fingerprint density at radius 3 is 2.63 bits per heavy atom. The first-order valence-electron chi connectivity index (χ1n) is 8.80. The molecule has 0 aliphatic heterocycles. The molecule has 6 heteroatoms. The molecular formula is C21H22N4O2. The van der Waals surface area contributed by atoms with E-state index in [-0.39, 0.29) is 11.6 Å². The van der Waals surface area contributed by atoms with Crippen molar-refractivity contribution in [3.05, 3.63) is 78.2 Å². The van der Waals surface area contributed by atoms with Crippen LogP contribution in [0.4, 0.5) is 11.5 Å². The van der Waals surface area contributed by atoms with E-state index in [0.29, 0.717) is 17.3 Å². The molecule has 0 atom stereocenters. The Hall–Kier alpha value is -3.41. The molecule has 3 rings (SSSR count). The van der Waals surface area contributed by atoms with E-state index in [1.165, 1.54) is 11.8 Å². The number of rotatable bonds is 8. The smallest absolute Gasteiger partial charge is 0.275 e. The maximum atomic E-state index is 12.3. The number of benzene rings is 2. The summed E-state index contributed by atoms with van der Waals surface area (Å²) >= 11 is 0. The van der Waals surface area contributed by atoms with Gasteiger partial charge < -0.3 is 15.4 Å². The number of carbonyl (C=O) groups excluding carboxylic acids is 1. The van der Waals surface area contributed by atoms with Gasteiger partial charge in [-0.15, -0.1) is 0 Å². The molecule has 0 fully saturated rings. The van der Waals surface area contributed by atoms with E-state index >= 15 is 0 Å². The molecule has 1 aromatic heterocycles. The average molecular weight is 362 g/mol. The largest absolute Gasteiger partial charge is 0.497 e. The van der Waals surface area contributed by atoms with Gasteiger partial charge in [-0.2, -0.15) is 0 Å². The van der Waals surface area contributed by atoms with Crippen molar-refractivity contribution in [1.29, 1.82) is 0 Å². The van der Waals surface area contributed by atoms with Gasteiger partial charge in [0.15, 0.2) is 0 Å². The van der Waals surface area contributed by atoms with Gasteiger partial charge in [-0.25, -0.2) is 9.97 Å². The van der Waals surface area contributed by atoms with E-state index in [1.807, 2.05) is 30.3 Å². The quantitative estimate of drug-likeness (QED) is 0.597. The molecule has 138 valence electrons. The molecule has 0 aliphatic carbocycles. The van der Waals surface area contributed by atoms with Crippen molar-refractivity contribution in [3.8, 4) is 5.75 Å². The van der Waals surface area contributed by atoms with Crippen LogP contribution < -0.4 is 15.4 Å². The van der Waals surface area contributed by atoms with Crippen molar-refractivity contribution in [2.75, 3.05) is 24.3 Å². The molecule has 1 heterocycles. The predicted molar refractivity (Wildman–Crippen MR) is 106 cm³/mol. The van der Waals surface area contributed by atoms with Crippen molar-refractivity contribution < 1.29 is 9.53 Å². The molecule has 2 N–H and O–H groups in total. The molecular weight excluding hydrogens is 340 g/mol. The van der Waals surface area contributed by atoms with Crippen molar-refractivity contribution >= 4 is 17.4 Å². The minimum absolute atomic E-state index is 0.257. The maximum absolute atomic E-state index is 12.3. The van der Waals surface area contributed by atoms with Crippen molar-refractivity contribution in [2.45, 2.75) is 12.8 Å². The summed E-state index contributed by atoms with van der Waals surface area (Å²) in [4.78, 5) is 20.7. The molecule has 0 aliphatic rings. The lowest BCUT2D eigenvalue weighted by molar-refractivity contribution is 0.102. The SMILES string of the molecule is COc1cccc(NC(=O)c2cnc(NCCCc3ccccc3)cn2)c1. The van der Waals surface area contributed by atoms with Crippen LogP contribution in [-0.2, 0) is 6.42 Å². The van der Waals surface area contributed by atoms with Crippen LogP contribution in [0, 0.1) is 0 Å². The monoisotopic (exact) mass is 362 g/mol. The summed E-state index contributed by atoms with van der Waals surface area (Å²) in [5.41, 5.74) is 2.21. The number of hydrogen-bond donors (Lipinski definition) is 2. The van der Waals surface area contributed by atoms with Crippen LogP contribution in [0.3, 0.4) is 0 Å². The summed E-state index contributed by atoms with van der Waals surface area (Å²) in [7, 11) is 1.58. The fourth-order valence-electron chi connectivity index (χ4n) is 2.59. The number of amides is 1. The second-order valence-electron chi connectivity index (χ2n) is 5.99. The molecule has 0 spiro atoms. The number of nitrogens with zero attached hydrogens (tertiary/aromatic N) is 2. The molecule has 27 heavy (non-hydrogen) atoms. The number of nitrogens with one attached hydrogen (secondary N) is 2. The standard InChI is InChI=1S/C21H22N4O2/c1-27-18-11-5-10-17(13-18)25-21(26)19-14-24-20(15-23-19)22-12-6-9-16-7-3-2-4-8-16/h2-5,7-8,10-11,13-15H,6,9,12H2,1H3,(H,22,24)(H,25,26). The summed E-state index contributed by atoms with van der Waals surface area (Å²) in [5.74, 6) is 1.02. The van der Waals surface area contributed by atoms with Crippen LogP contribution in [0.15, 0.2) is 67.0 Å². The first-order chi connectivity index (χ1) is 13.2. The van der Waals surface area contributed by atoms with E-state index in [1.54, 1.807) is 25.4 Å². The van der Waals surface area contributed by atoms with Crippen molar-refractivity contribution in [2.24, 2.45) is 0 Å². The maximum Gasteiger partial charge on any atom is 0.275 e. The molecule has 2 aromatic carbocycles. The van der Waals surface area contributed by atoms with E-state index in [0.717, 1.165) is 19.4 Å². The summed E-state index contributed by atoms with van der Waals surface area (Å²) in [6.07, 6.45) is 5.03. The number of hydrogen-bond acceptors (Lipinski definition) is 5. The Morgan fingerprint density at radius 2 is 1.89 bits per heavy atom. The van der Waals surface area contributed by atoms with E-state index in [9.17, 15) is 4.79 Å². The lowest BCUT2D eigenvalue weighted by atomic mass is 10.1. The third kappa shape index (κ3) is 5.54. The zero-order chi connectivity index (χ0) is 18.9. The van der Waals surface area contributed by atoms with Gasteiger partial charge >= 0.3 is 0 Å². The molecule has 0 radical (unpaired) electrons. The Kier molecular flexibility index (Phi) is 6.35. The van der Waals surface area contributed by atoms with Crippen LogP contribution in [0.25, 0.3) is 0 Å². The third-order valence-electron chi connectivity index (χ3n) is 4.00. The Labute approximate surface area is 158 Å². The van der Waals surface area contributed by atoms with E-state index < -0.39 is 0 Å². The fourth-order valence-corrected chi connectivity index (χ4v) is 2.59. The predicted octanol–water partition coefficient (Wildman–Crippen LogP) is 3.78. The minimum Gasteiger partial charge on any atom is -0.497 e. The molecule has 1 amide bonds. The summed E-state index contributed by atoms with van der Waals surface area (Å²) < 4.78 is 5.15. The molecule has 0 saturated heterocycles. The number of methoxy groups -OCH3 is 1. The van der Waals surface area contributed by atoms with Gasteiger partial charge in [0, 0.05) is 18.3 Å². The molecule has 0 unspecified atom stereocenters. The van der Waals surface area contributed by atoms with Gasteiger partial charge in [-0.3, -0.25) is 4.79 Å². The summed E-state index contributed by atoms with van der Waals surface area (Å²) in [6, 6.07) is 17.5. The molecule has 0 bridgehead atoms. The highest BCUT2D eigenvalue weighted by Crippen LogP contribution is 2.17. The van der Waals surface area contributed by atoms with E-state index in [2.05, 4.69) is 32.7 Å². The summed E-state index contributed by atoms with van der Waals surface area (Å²) in [5, 5.41) is 6.00.